The minimum atomic E-state index is -0.833. The maximum Gasteiger partial charge on any atom is 0.300 e. The summed E-state index contributed by atoms with van der Waals surface area (Å²) in [5.41, 5.74) is 7.47. The van der Waals surface area contributed by atoms with E-state index in [0.29, 0.717) is 18.3 Å². The lowest BCUT2D eigenvalue weighted by atomic mass is 9.85. The predicted molar refractivity (Wildman–Crippen MR) is 196 cm³/mol. The van der Waals surface area contributed by atoms with Crippen molar-refractivity contribution in [3.8, 4) is 5.75 Å². The van der Waals surface area contributed by atoms with Gasteiger partial charge in [0.1, 0.15) is 5.75 Å². The Labute approximate surface area is 289 Å². The number of aliphatic carboxylic acids is 1. The molecule has 262 valence electrons. The Hall–Kier alpha value is -3.87. The summed E-state index contributed by atoms with van der Waals surface area (Å²) in [6.07, 6.45) is 14.5. The summed E-state index contributed by atoms with van der Waals surface area (Å²) < 4.78 is 5.65. The van der Waals surface area contributed by atoms with Gasteiger partial charge in [-0.15, -0.1) is 0 Å². The van der Waals surface area contributed by atoms with Gasteiger partial charge in [0.05, 0.1) is 6.61 Å². The van der Waals surface area contributed by atoms with Crippen molar-refractivity contribution in [1.82, 2.24) is 4.90 Å². The van der Waals surface area contributed by atoms with E-state index in [0.717, 1.165) is 102 Å². The number of ether oxygens (including phenoxy) is 1. The molecule has 2 aromatic rings. The van der Waals surface area contributed by atoms with Crippen molar-refractivity contribution in [2.24, 2.45) is 5.92 Å². The minimum absolute atomic E-state index is 0.215. The Balaban J connectivity index is 0.000000256. The molecule has 0 saturated carbocycles. The second kappa shape index (κ2) is 19.8. The zero-order chi connectivity index (χ0) is 35.1. The SMILES string of the molecule is CC(=O)O.CCC(CC(C)CCN1CC2=C(C=CCC2)C1=O)c1ccc2c(c1)CCO2.CCCCN(C(=O)CC)c1cccc(CC)c1. The van der Waals surface area contributed by atoms with E-state index >= 15 is 0 Å². The lowest BCUT2D eigenvalue weighted by Crippen LogP contribution is -2.31. The Morgan fingerprint density at radius 3 is 2.50 bits per heavy atom. The molecule has 2 atom stereocenters. The van der Waals surface area contributed by atoms with Gasteiger partial charge in [0.2, 0.25) is 5.91 Å². The van der Waals surface area contributed by atoms with E-state index in [1.54, 1.807) is 0 Å². The number of fused-ring (bicyclic) bond motifs is 1. The number of carboxylic acids is 1. The average Bonchev–Trinajstić information content (AvgIpc) is 3.70. The van der Waals surface area contributed by atoms with Gasteiger partial charge >= 0.3 is 0 Å². The van der Waals surface area contributed by atoms with Crippen molar-refractivity contribution in [3.05, 3.63) is 82.5 Å². The summed E-state index contributed by atoms with van der Waals surface area (Å²) in [7, 11) is 0. The van der Waals surface area contributed by atoms with Crippen molar-refractivity contribution >= 4 is 23.5 Å². The van der Waals surface area contributed by atoms with Crippen molar-refractivity contribution in [1.29, 1.82) is 0 Å². The number of carbonyl (C=O) groups excluding carboxylic acids is 2. The number of rotatable bonds is 13. The number of benzene rings is 2. The van der Waals surface area contributed by atoms with Crippen LogP contribution in [-0.2, 0) is 27.2 Å². The molecule has 2 aromatic carbocycles. The molecule has 0 bridgehead atoms. The van der Waals surface area contributed by atoms with Gasteiger partial charge in [-0.3, -0.25) is 14.4 Å². The van der Waals surface area contributed by atoms with E-state index in [2.05, 4.69) is 69.0 Å². The van der Waals surface area contributed by atoms with Gasteiger partial charge in [0, 0.05) is 50.7 Å². The lowest BCUT2D eigenvalue weighted by Gasteiger charge is -2.23. The molecule has 5 rings (SSSR count). The fraction of sp³-hybridized carbons (Fsp3) is 0.537. The number of allylic oxidation sites excluding steroid dienone is 1. The average molecular weight is 659 g/mol. The molecule has 2 aliphatic heterocycles. The molecule has 48 heavy (non-hydrogen) atoms. The molecule has 0 spiro atoms. The van der Waals surface area contributed by atoms with Crippen molar-refractivity contribution in [2.75, 3.05) is 31.1 Å². The number of hydrogen-bond donors (Lipinski definition) is 1. The zero-order valence-corrected chi connectivity index (χ0v) is 30.2. The van der Waals surface area contributed by atoms with E-state index in [-0.39, 0.29) is 11.8 Å². The molecule has 2 unspecified atom stereocenters. The van der Waals surface area contributed by atoms with E-state index in [9.17, 15) is 9.59 Å². The fourth-order valence-corrected chi connectivity index (χ4v) is 6.58. The van der Waals surface area contributed by atoms with Gasteiger partial charge in [-0.2, -0.15) is 0 Å². The number of hydrogen-bond acceptors (Lipinski definition) is 4. The van der Waals surface area contributed by atoms with Crippen LogP contribution in [0.25, 0.3) is 0 Å². The smallest absolute Gasteiger partial charge is 0.300 e. The fourth-order valence-electron chi connectivity index (χ4n) is 6.58. The maximum atomic E-state index is 12.6. The first-order valence-electron chi connectivity index (χ1n) is 18.1. The van der Waals surface area contributed by atoms with Crippen molar-refractivity contribution in [3.63, 3.8) is 0 Å². The molecule has 0 saturated heterocycles. The van der Waals surface area contributed by atoms with Gasteiger partial charge in [0.15, 0.2) is 0 Å². The van der Waals surface area contributed by atoms with Gasteiger partial charge in [-0.25, -0.2) is 0 Å². The Kier molecular flexibility index (Phi) is 15.9. The van der Waals surface area contributed by atoms with Crippen LogP contribution in [0.5, 0.6) is 5.75 Å². The van der Waals surface area contributed by atoms with Crippen molar-refractivity contribution in [2.45, 2.75) is 112 Å². The van der Waals surface area contributed by atoms with Crippen LogP contribution in [0, 0.1) is 5.92 Å². The molecule has 3 aliphatic rings. The second-order valence-corrected chi connectivity index (χ2v) is 13.2. The monoisotopic (exact) mass is 658 g/mol. The van der Waals surface area contributed by atoms with Crippen LogP contribution in [0.15, 0.2) is 65.8 Å². The first-order chi connectivity index (χ1) is 23.1. The molecule has 7 heteroatoms. The number of unbranched alkanes of at least 4 members (excludes halogenated alkanes) is 1. The van der Waals surface area contributed by atoms with E-state index < -0.39 is 5.97 Å². The van der Waals surface area contributed by atoms with E-state index in [4.69, 9.17) is 14.6 Å². The topological polar surface area (TPSA) is 87.2 Å². The third kappa shape index (κ3) is 11.4. The number of aryl methyl sites for hydroxylation is 1. The van der Waals surface area contributed by atoms with Gasteiger partial charge < -0.3 is 19.6 Å². The number of nitrogens with zero attached hydrogens (tertiary/aromatic N) is 2. The third-order valence-corrected chi connectivity index (χ3v) is 9.40. The normalized spacial score (nSPS) is 15.7. The summed E-state index contributed by atoms with van der Waals surface area (Å²) in [6.45, 7) is 15.3. The lowest BCUT2D eigenvalue weighted by molar-refractivity contribution is -0.134. The van der Waals surface area contributed by atoms with Crippen LogP contribution in [-0.4, -0.2) is 54.0 Å². The quantitative estimate of drug-likeness (QED) is 0.232. The highest BCUT2D eigenvalue weighted by Gasteiger charge is 2.29. The Morgan fingerprint density at radius 1 is 1.06 bits per heavy atom. The molecule has 0 radical (unpaired) electrons. The van der Waals surface area contributed by atoms with Crippen LogP contribution in [0.4, 0.5) is 5.69 Å². The number of amides is 2. The first-order valence-corrected chi connectivity index (χ1v) is 18.1. The Bertz CT molecular complexity index is 1420. The molecule has 7 nitrogen and oxygen atoms in total. The number of carboxylic acid groups (broad SMARTS) is 1. The Morgan fingerprint density at radius 2 is 1.83 bits per heavy atom. The minimum Gasteiger partial charge on any atom is -0.493 e. The summed E-state index contributed by atoms with van der Waals surface area (Å²) >= 11 is 0. The van der Waals surface area contributed by atoms with Gasteiger partial charge in [0.25, 0.3) is 11.9 Å². The molecular weight excluding hydrogens is 600 g/mol. The standard InChI is InChI=1S/C24H31NO2.C15H23NO.C2H4O2/c1-3-18(19-8-9-23-20(15-19)11-13-27-23)14-17(2)10-12-25-16-21-6-4-5-7-22(21)24(25)26;1-4-7-11-16(15(17)6-3)14-10-8-9-13(5-2)12-14;1-2(3)4/h5,7-9,15,17-18H,3-4,6,10-14,16H2,1-2H3;8-10,12H,4-7,11H2,1-3H3;1H3,(H,3,4). The summed E-state index contributed by atoms with van der Waals surface area (Å²) in [6, 6.07) is 15.1. The highest BCUT2D eigenvalue weighted by Crippen LogP contribution is 2.34. The molecular formula is C41H58N2O5. The molecule has 2 amide bonds. The number of anilines is 1. The van der Waals surface area contributed by atoms with Crippen LogP contribution >= 0.6 is 0 Å². The summed E-state index contributed by atoms with van der Waals surface area (Å²) in [4.78, 5) is 37.5. The molecule has 1 N–H and O–H groups in total. The van der Waals surface area contributed by atoms with Gasteiger partial charge in [-0.1, -0.05) is 77.5 Å². The second-order valence-electron chi connectivity index (χ2n) is 13.2. The molecule has 0 aromatic heterocycles. The third-order valence-electron chi connectivity index (χ3n) is 9.40. The van der Waals surface area contributed by atoms with Crippen LogP contribution < -0.4 is 9.64 Å². The predicted octanol–water partition coefficient (Wildman–Crippen LogP) is 8.90. The molecule has 1 aliphatic carbocycles. The first kappa shape index (κ1) is 38.6. The van der Waals surface area contributed by atoms with Crippen LogP contribution in [0.3, 0.4) is 0 Å². The highest BCUT2D eigenvalue weighted by atomic mass is 16.5. The van der Waals surface area contributed by atoms with Crippen LogP contribution in [0.2, 0.25) is 0 Å². The number of carbonyl (C=O) groups is 3. The van der Waals surface area contributed by atoms with Crippen molar-refractivity contribution < 1.29 is 24.2 Å². The van der Waals surface area contributed by atoms with Gasteiger partial charge in [-0.05, 0) is 97.2 Å². The zero-order valence-electron chi connectivity index (χ0n) is 30.2. The summed E-state index contributed by atoms with van der Waals surface area (Å²) in [5.74, 6) is 1.90. The largest absolute Gasteiger partial charge is 0.493 e. The van der Waals surface area contributed by atoms with E-state index in [1.807, 2.05) is 30.0 Å². The molecule has 2 heterocycles. The maximum absolute atomic E-state index is 12.6. The highest BCUT2D eigenvalue weighted by molar-refractivity contribution is 6.00. The van der Waals surface area contributed by atoms with E-state index in [1.165, 1.54) is 28.7 Å². The summed E-state index contributed by atoms with van der Waals surface area (Å²) in [5, 5.41) is 7.42. The van der Waals surface area contributed by atoms with Crippen LogP contribution in [0.1, 0.15) is 116 Å². The molecule has 0 fully saturated rings.